The molecule has 1 aromatic heterocycles. The first-order valence-electron chi connectivity index (χ1n) is 8.80. The van der Waals surface area contributed by atoms with E-state index >= 15 is 0 Å². The highest BCUT2D eigenvalue weighted by atomic mass is 16.5. The lowest BCUT2D eigenvalue weighted by atomic mass is 9.90. The third kappa shape index (κ3) is 3.86. The van der Waals surface area contributed by atoms with Gasteiger partial charge in [-0.05, 0) is 38.5 Å². The second-order valence-corrected chi connectivity index (χ2v) is 7.08. The Morgan fingerprint density at radius 3 is 3.09 bits per heavy atom. The van der Waals surface area contributed by atoms with Gasteiger partial charge < -0.3 is 15.0 Å². The fraction of sp³-hybridized carbons (Fsp3) is 0.765. The first kappa shape index (κ1) is 16.3. The maximum Gasteiger partial charge on any atom is 0.317 e. The standard InChI is InChI=1S/C17H28N4O2/c1-12-5-6-21(13(2)8-12)17(22)18-9-14-4-3-7-23-16(14)15-10-19-20-11-15/h10-14,16H,3-9H2,1-2H3,(H,18,22)(H,19,20)/t12-,13-,14+,16-/m1/s1. The smallest absolute Gasteiger partial charge is 0.317 e. The minimum atomic E-state index is 0.0293. The maximum absolute atomic E-state index is 12.5. The zero-order valence-electron chi connectivity index (χ0n) is 14.1. The van der Waals surface area contributed by atoms with Gasteiger partial charge in [0.15, 0.2) is 0 Å². The van der Waals surface area contributed by atoms with Crippen molar-refractivity contribution in [3.05, 3.63) is 18.0 Å². The predicted molar refractivity (Wildman–Crippen MR) is 88.0 cm³/mol. The lowest BCUT2D eigenvalue weighted by Crippen LogP contribution is -2.50. The van der Waals surface area contributed by atoms with Crippen LogP contribution in [-0.2, 0) is 4.74 Å². The van der Waals surface area contributed by atoms with Gasteiger partial charge in [-0.25, -0.2) is 4.79 Å². The van der Waals surface area contributed by atoms with Gasteiger partial charge in [-0.2, -0.15) is 5.10 Å². The molecule has 0 saturated carbocycles. The van der Waals surface area contributed by atoms with Crippen molar-refractivity contribution in [3.8, 4) is 0 Å². The molecule has 3 heterocycles. The summed E-state index contributed by atoms with van der Waals surface area (Å²) in [6.07, 6.45) is 8.05. The first-order chi connectivity index (χ1) is 11.1. The predicted octanol–water partition coefficient (Wildman–Crippen LogP) is 2.71. The molecular formula is C17H28N4O2. The Labute approximate surface area is 138 Å². The van der Waals surface area contributed by atoms with E-state index in [1.54, 1.807) is 0 Å². The van der Waals surface area contributed by atoms with Crippen LogP contribution in [0.25, 0.3) is 0 Å². The summed E-state index contributed by atoms with van der Waals surface area (Å²) in [5, 5.41) is 10.0. The number of urea groups is 1. The number of nitrogens with one attached hydrogen (secondary N) is 2. The van der Waals surface area contributed by atoms with Crippen LogP contribution in [0.3, 0.4) is 0 Å². The molecule has 0 radical (unpaired) electrons. The number of hydrogen-bond donors (Lipinski definition) is 2. The molecule has 2 fully saturated rings. The van der Waals surface area contributed by atoms with Crippen LogP contribution in [0.1, 0.15) is 51.2 Å². The molecule has 0 bridgehead atoms. The fourth-order valence-corrected chi connectivity index (χ4v) is 3.87. The summed E-state index contributed by atoms with van der Waals surface area (Å²) in [5.41, 5.74) is 1.07. The minimum absolute atomic E-state index is 0.0293. The Hall–Kier alpha value is -1.56. The third-order valence-corrected chi connectivity index (χ3v) is 5.21. The van der Waals surface area contributed by atoms with Crippen molar-refractivity contribution >= 4 is 6.03 Å². The number of carbonyl (C=O) groups excluding carboxylic acids is 1. The van der Waals surface area contributed by atoms with Gasteiger partial charge in [0.2, 0.25) is 0 Å². The van der Waals surface area contributed by atoms with Gasteiger partial charge in [-0.1, -0.05) is 6.92 Å². The van der Waals surface area contributed by atoms with Crippen LogP contribution in [0.5, 0.6) is 0 Å². The molecule has 0 spiro atoms. The number of piperidine rings is 1. The molecule has 2 aliphatic rings. The largest absolute Gasteiger partial charge is 0.373 e. The summed E-state index contributed by atoms with van der Waals surface area (Å²) in [5.74, 6) is 1.02. The van der Waals surface area contributed by atoms with Gasteiger partial charge in [0.25, 0.3) is 0 Å². The molecule has 2 aliphatic heterocycles. The number of carbonyl (C=O) groups is 1. The van der Waals surface area contributed by atoms with E-state index in [9.17, 15) is 4.79 Å². The van der Waals surface area contributed by atoms with Crippen LogP contribution < -0.4 is 5.32 Å². The summed E-state index contributed by atoms with van der Waals surface area (Å²) in [4.78, 5) is 14.5. The van der Waals surface area contributed by atoms with E-state index in [4.69, 9.17) is 4.74 Å². The van der Waals surface area contributed by atoms with Gasteiger partial charge in [-0.15, -0.1) is 0 Å². The van der Waals surface area contributed by atoms with E-state index in [0.29, 0.717) is 24.4 Å². The fourth-order valence-electron chi connectivity index (χ4n) is 3.87. The van der Waals surface area contributed by atoms with Gasteiger partial charge >= 0.3 is 6.03 Å². The van der Waals surface area contributed by atoms with Crippen LogP contribution in [0.2, 0.25) is 0 Å². The summed E-state index contributed by atoms with van der Waals surface area (Å²) in [6.45, 7) is 6.71. The van der Waals surface area contributed by atoms with Crippen molar-refractivity contribution in [2.24, 2.45) is 11.8 Å². The molecule has 3 rings (SSSR count). The monoisotopic (exact) mass is 320 g/mol. The van der Waals surface area contributed by atoms with Gasteiger partial charge in [0.05, 0.1) is 12.3 Å². The summed E-state index contributed by atoms with van der Waals surface area (Å²) >= 11 is 0. The Morgan fingerprint density at radius 2 is 2.35 bits per heavy atom. The van der Waals surface area contributed by atoms with Crippen molar-refractivity contribution in [1.82, 2.24) is 20.4 Å². The highest BCUT2D eigenvalue weighted by molar-refractivity contribution is 5.74. The van der Waals surface area contributed by atoms with Crippen molar-refractivity contribution in [2.75, 3.05) is 19.7 Å². The number of H-pyrrole nitrogens is 1. The van der Waals surface area contributed by atoms with Gasteiger partial charge in [0, 0.05) is 43.4 Å². The molecule has 0 aromatic carbocycles. The van der Waals surface area contributed by atoms with Crippen LogP contribution >= 0.6 is 0 Å². The molecule has 4 atom stereocenters. The topological polar surface area (TPSA) is 70.2 Å². The highest BCUT2D eigenvalue weighted by Gasteiger charge is 2.30. The van der Waals surface area contributed by atoms with E-state index in [2.05, 4.69) is 29.4 Å². The maximum atomic E-state index is 12.5. The molecule has 23 heavy (non-hydrogen) atoms. The quantitative estimate of drug-likeness (QED) is 0.899. The number of aromatic amines is 1. The average molecular weight is 320 g/mol. The second kappa shape index (κ2) is 7.34. The SMILES string of the molecule is C[C@@H]1CCN(C(=O)NC[C@@H]2CCCO[C@H]2c2cn[nH]c2)[C@H](C)C1. The normalized spacial score (nSPS) is 31.8. The van der Waals surface area contributed by atoms with E-state index in [1.165, 1.54) is 0 Å². The third-order valence-electron chi connectivity index (χ3n) is 5.21. The molecule has 2 saturated heterocycles. The number of nitrogens with zero attached hydrogens (tertiary/aromatic N) is 2. The number of amides is 2. The van der Waals surface area contributed by atoms with E-state index in [0.717, 1.165) is 44.4 Å². The molecule has 0 unspecified atom stereocenters. The van der Waals surface area contributed by atoms with Crippen LogP contribution in [0.4, 0.5) is 4.79 Å². The number of ether oxygens (including phenoxy) is 1. The van der Waals surface area contributed by atoms with Crippen molar-refractivity contribution in [1.29, 1.82) is 0 Å². The summed E-state index contributed by atoms with van der Waals surface area (Å²) in [7, 11) is 0. The van der Waals surface area contributed by atoms with Gasteiger partial charge in [-0.3, -0.25) is 5.10 Å². The molecular weight excluding hydrogens is 292 g/mol. The van der Waals surface area contributed by atoms with Crippen LogP contribution in [0.15, 0.2) is 12.4 Å². The van der Waals surface area contributed by atoms with Crippen molar-refractivity contribution < 1.29 is 9.53 Å². The minimum Gasteiger partial charge on any atom is -0.373 e. The number of likely N-dealkylation sites (tertiary alicyclic amines) is 1. The Bertz CT molecular complexity index is 505. The van der Waals surface area contributed by atoms with Crippen LogP contribution in [0, 0.1) is 11.8 Å². The van der Waals surface area contributed by atoms with E-state index < -0.39 is 0 Å². The lowest BCUT2D eigenvalue weighted by molar-refractivity contribution is -0.0273. The van der Waals surface area contributed by atoms with E-state index in [1.807, 2.05) is 17.3 Å². The van der Waals surface area contributed by atoms with Crippen molar-refractivity contribution in [2.45, 2.75) is 51.7 Å². The van der Waals surface area contributed by atoms with Crippen LogP contribution in [-0.4, -0.2) is 46.9 Å². The first-order valence-corrected chi connectivity index (χ1v) is 8.80. The molecule has 128 valence electrons. The molecule has 6 nitrogen and oxygen atoms in total. The molecule has 1 aromatic rings. The summed E-state index contributed by atoms with van der Waals surface area (Å²) in [6, 6.07) is 0.395. The zero-order chi connectivity index (χ0) is 16.2. The Balaban J connectivity index is 1.55. The number of hydrogen-bond acceptors (Lipinski definition) is 3. The number of aromatic nitrogens is 2. The van der Waals surface area contributed by atoms with Crippen molar-refractivity contribution in [3.63, 3.8) is 0 Å². The Morgan fingerprint density at radius 1 is 1.48 bits per heavy atom. The van der Waals surface area contributed by atoms with E-state index in [-0.39, 0.29) is 12.1 Å². The van der Waals surface area contributed by atoms with Gasteiger partial charge in [0.1, 0.15) is 0 Å². The molecule has 2 amide bonds. The zero-order valence-corrected chi connectivity index (χ0v) is 14.1. The molecule has 0 aliphatic carbocycles. The molecule has 2 N–H and O–H groups in total. The lowest BCUT2D eigenvalue weighted by Gasteiger charge is -2.37. The summed E-state index contributed by atoms with van der Waals surface area (Å²) < 4.78 is 5.92. The highest BCUT2D eigenvalue weighted by Crippen LogP contribution is 2.32. The molecule has 6 heteroatoms. The number of rotatable bonds is 3. The Kier molecular flexibility index (Phi) is 5.20. The second-order valence-electron chi connectivity index (χ2n) is 7.08. The average Bonchev–Trinajstić information content (AvgIpc) is 3.07.